The van der Waals surface area contributed by atoms with Gasteiger partial charge in [-0.2, -0.15) is 0 Å². The summed E-state index contributed by atoms with van der Waals surface area (Å²) in [5.41, 5.74) is 2.15. The smallest absolute Gasteiger partial charge is 0.197 e. The molecule has 1 N–H and O–H groups in total. The number of hydrogen-bond acceptors (Lipinski definition) is 4. The average Bonchev–Trinajstić information content (AvgIpc) is 3.16. The first-order valence-corrected chi connectivity index (χ1v) is 12.0. The van der Waals surface area contributed by atoms with E-state index in [0.29, 0.717) is 28.7 Å². The molecule has 5 rings (SSSR count). The van der Waals surface area contributed by atoms with Crippen LogP contribution in [-0.2, 0) is 0 Å². The van der Waals surface area contributed by atoms with Gasteiger partial charge in [-0.15, -0.1) is 0 Å². The second-order valence-electron chi connectivity index (χ2n) is 8.88. The fourth-order valence-corrected chi connectivity index (χ4v) is 4.58. The molecule has 0 spiro atoms. The maximum absolute atomic E-state index is 12.8. The van der Waals surface area contributed by atoms with E-state index in [9.17, 15) is 19.5 Å². The van der Waals surface area contributed by atoms with Gasteiger partial charge in [0.05, 0.1) is 11.7 Å². The Morgan fingerprint density at radius 2 is 1.19 bits per heavy atom. The summed E-state index contributed by atoms with van der Waals surface area (Å²) in [6.07, 6.45) is 12.5. The lowest BCUT2D eigenvalue weighted by molar-refractivity contribution is 0.0988. The fraction of sp³-hybridized carbons (Fsp3) is 0.0606. The lowest BCUT2D eigenvalue weighted by Gasteiger charge is -2.12. The number of aliphatic hydroxyl groups excluding tert-OH is 1. The van der Waals surface area contributed by atoms with Gasteiger partial charge < -0.3 is 5.11 Å². The number of rotatable bonds is 7. The van der Waals surface area contributed by atoms with E-state index < -0.39 is 6.10 Å². The summed E-state index contributed by atoms with van der Waals surface area (Å²) in [4.78, 5) is 37.0. The van der Waals surface area contributed by atoms with E-state index in [2.05, 4.69) is 0 Å². The molecule has 0 aliphatic heterocycles. The van der Waals surface area contributed by atoms with Crippen molar-refractivity contribution < 1.29 is 19.5 Å². The number of benzene rings is 4. The number of allylic oxidation sites excluding steroid dienone is 7. The number of fused-ring (bicyclic) bond motifs is 3. The van der Waals surface area contributed by atoms with Crippen LogP contribution in [0.2, 0.25) is 0 Å². The first-order valence-electron chi connectivity index (χ1n) is 12.0. The maximum atomic E-state index is 12.8. The Kier molecular flexibility index (Phi) is 6.84. The molecule has 4 nitrogen and oxygen atoms in total. The molecule has 0 radical (unpaired) electrons. The van der Waals surface area contributed by atoms with Crippen molar-refractivity contribution in [2.24, 2.45) is 0 Å². The van der Waals surface area contributed by atoms with Gasteiger partial charge in [-0.25, -0.2) is 0 Å². The van der Waals surface area contributed by atoms with Crippen LogP contribution >= 0.6 is 0 Å². The van der Waals surface area contributed by atoms with Gasteiger partial charge in [0, 0.05) is 16.7 Å². The topological polar surface area (TPSA) is 71.4 Å². The molecule has 0 fully saturated rings. The standard InChI is InChI=1S/C33H24O4/c34-21-26-17-22-11-7-8-12-23(22)18-28(26)31(35)16-6-4-2-1-3-5-15-27-32(36)29-19-24-13-9-10-14-25(24)20-30(29)33(27)37/h1-15,17-21,31,35H,16H2/b2-1+,5-3+,6-4+. The second-order valence-corrected chi connectivity index (χ2v) is 8.88. The summed E-state index contributed by atoms with van der Waals surface area (Å²) in [7, 11) is 0. The summed E-state index contributed by atoms with van der Waals surface area (Å²) in [5.74, 6) is -0.506. The highest BCUT2D eigenvalue weighted by atomic mass is 16.3. The number of carbonyl (C=O) groups is 3. The SMILES string of the molecule is O=Cc1cc2ccccc2cc1C(O)C/C=C/C=C/C=C/C=C1C(=O)c2cc3ccccc3cc2C1=O. The van der Waals surface area contributed by atoms with Crippen molar-refractivity contribution in [1.29, 1.82) is 0 Å². The molecule has 1 atom stereocenters. The Morgan fingerprint density at radius 3 is 1.78 bits per heavy atom. The number of Topliss-reactive ketones (excluding diaryl/α,β-unsaturated/α-hetero) is 2. The Hall–Kier alpha value is -4.67. The second kappa shape index (κ2) is 10.5. The molecule has 0 bridgehead atoms. The van der Waals surface area contributed by atoms with E-state index in [1.54, 1.807) is 54.7 Å². The summed E-state index contributed by atoms with van der Waals surface area (Å²) in [6.45, 7) is 0. The van der Waals surface area contributed by atoms with Crippen molar-refractivity contribution in [3.05, 3.63) is 143 Å². The molecule has 180 valence electrons. The van der Waals surface area contributed by atoms with Crippen LogP contribution < -0.4 is 0 Å². The van der Waals surface area contributed by atoms with Gasteiger partial charge >= 0.3 is 0 Å². The molecule has 4 aromatic rings. The molecule has 0 saturated carbocycles. The Bertz CT molecular complexity index is 1610. The van der Waals surface area contributed by atoms with Crippen LogP contribution in [-0.4, -0.2) is 23.0 Å². The monoisotopic (exact) mass is 484 g/mol. The van der Waals surface area contributed by atoms with Gasteiger partial charge in [-0.3, -0.25) is 14.4 Å². The van der Waals surface area contributed by atoms with Crippen LogP contribution in [0.5, 0.6) is 0 Å². The summed E-state index contributed by atoms with van der Waals surface area (Å²) in [5, 5.41) is 14.4. The third-order valence-corrected chi connectivity index (χ3v) is 6.50. The Morgan fingerprint density at radius 1 is 0.676 bits per heavy atom. The average molecular weight is 485 g/mol. The zero-order valence-electron chi connectivity index (χ0n) is 20.0. The first-order chi connectivity index (χ1) is 18.1. The van der Waals surface area contributed by atoms with Crippen LogP contribution in [0.1, 0.15) is 49.2 Å². The molecule has 4 heteroatoms. The van der Waals surface area contributed by atoms with Gasteiger partial charge in [0.25, 0.3) is 0 Å². The van der Waals surface area contributed by atoms with Gasteiger partial charge in [0.2, 0.25) is 0 Å². The zero-order chi connectivity index (χ0) is 25.8. The molecule has 0 aromatic heterocycles. The van der Waals surface area contributed by atoms with Gasteiger partial charge in [0.1, 0.15) is 6.29 Å². The quantitative estimate of drug-likeness (QED) is 0.134. The van der Waals surface area contributed by atoms with Crippen molar-refractivity contribution in [1.82, 2.24) is 0 Å². The molecule has 1 aliphatic rings. The van der Waals surface area contributed by atoms with E-state index in [0.717, 1.165) is 27.8 Å². The largest absolute Gasteiger partial charge is 0.388 e. The number of ketones is 2. The molecular weight excluding hydrogens is 460 g/mol. The maximum Gasteiger partial charge on any atom is 0.197 e. The number of hydrogen-bond donors (Lipinski definition) is 1. The van der Waals surface area contributed by atoms with E-state index in [1.165, 1.54) is 0 Å². The van der Waals surface area contributed by atoms with Crippen molar-refractivity contribution in [2.75, 3.05) is 0 Å². The molecule has 0 saturated heterocycles. The van der Waals surface area contributed by atoms with Gasteiger partial charge in [0.15, 0.2) is 11.6 Å². The molecule has 0 heterocycles. The predicted molar refractivity (Wildman–Crippen MR) is 147 cm³/mol. The van der Waals surface area contributed by atoms with Crippen LogP contribution in [0.25, 0.3) is 21.5 Å². The van der Waals surface area contributed by atoms with E-state index in [1.807, 2.05) is 60.7 Å². The zero-order valence-corrected chi connectivity index (χ0v) is 20.0. The van der Waals surface area contributed by atoms with E-state index in [4.69, 9.17) is 0 Å². The molecule has 4 aromatic carbocycles. The van der Waals surface area contributed by atoms with E-state index >= 15 is 0 Å². The van der Waals surface area contributed by atoms with Crippen LogP contribution in [0.15, 0.2) is 121 Å². The lowest BCUT2D eigenvalue weighted by Crippen LogP contribution is -2.01. The summed E-state index contributed by atoms with van der Waals surface area (Å²) < 4.78 is 0. The lowest BCUT2D eigenvalue weighted by atomic mass is 9.96. The van der Waals surface area contributed by atoms with Crippen molar-refractivity contribution in [3.63, 3.8) is 0 Å². The Balaban J connectivity index is 1.21. The normalized spacial score (nSPS) is 14.5. The van der Waals surface area contributed by atoms with Crippen LogP contribution in [0.3, 0.4) is 0 Å². The van der Waals surface area contributed by atoms with E-state index in [-0.39, 0.29) is 17.1 Å². The molecule has 37 heavy (non-hydrogen) atoms. The highest BCUT2D eigenvalue weighted by Crippen LogP contribution is 2.30. The van der Waals surface area contributed by atoms with Gasteiger partial charge in [-0.1, -0.05) is 85.0 Å². The minimum absolute atomic E-state index is 0.162. The van der Waals surface area contributed by atoms with Crippen molar-refractivity contribution in [2.45, 2.75) is 12.5 Å². The summed E-state index contributed by atoms with van der Waals surface area (Å²) >= 11 is 0. The number of carbonyl (C=O) groups excluding carboxylic acids is 3. The third-order valence-electron chi connectivity index (χ3n) is 6.50. The molecular formula is C33H24O4. The summed E-state index contributed by atoms with van der Waals surface area (Å²) in [6, 6.07) is 22.6. The van der Waals surface area contributed by atoms with Gasteiger partial charge in [-0.05, 0) is 63.9 Å². The van der Waals surface area contributed by atoms with Crippen LogP contribution in [0.4, 0.5) is 0 Å². The minimum Gasteiger partial charge on any atom is -0.388 e. The predicted octanol–water partition coefficient (Wildman–Crippen LogP) is 6.90. The minimum atomic E-state index is -0.799. The number of aldehydes is 1. The third kappa shape index (κ3) is 4.88. The Labute approximate surface area is 214 Å². The molecule has 0 amide bonds. The highest BCUT2D eigenvalue weighted by molar-refractivity contribution is 6.40. The van der Waals surface area contributed by atoms with Crippen molar-refractivity contribution in [3.8, 4) is 0 Å². The number of aliphatic hydroxyl groups is 1. The van der Waals surface area contributed by atoms with Crippen molar-refractivity contribution >= 4 is 39.4 Å². The van der Waals surface area contributed by atoms with Crippen LogP contribution in [0, 0.1) is 0 Å². The molecule has 1 aliphatic carbocycles. The highest BCUT2D eigenvalue weighted by Gasteiger charge is 2.32. The fourth-order valence-electron chi connectivity index (χ4n) is 4.58. The first kappa shape index (κ1) is 24.0. The molecule has 1 unspecified atom stereocenters.